The molecule has 0 unspecified atom stereocenters. The lowest BCUT2D eigenvalue weighted by Crippen LogP contribution is -2.47. The number of hydrogen-bond acceptors (Lipinski definition) is 6. The molecule has 1 fully saturated rings. The second-order valence-electron chi connectivity index (χ2n) is 4.24. The molecule has 0 aliphatic carbocycles. The molecule has 0 aromatic carbocycles. The van der Waals surface area contributed by atoms with Crippen molar-refractivity contribution in [1.29, 1.82) is 0 Å². The summed E-state index contributed by atoms with van der Waals surface area (Å²) in [5.41, 5.74) is 0. The van der Waals surface area contributed by atoms with Gasteiger partial charge >= 0.3 is 0 Å². The number of anilines is 2. The van der Waals surface area contributed by atoms with Crippen LogP contribution in [0.25, 0.3) is 0 Å². The van der Waals surface area contributed by atoms with E-state index >= 15 is 0 Å². The molecular formula is C12H13ClN6. The van der Waals surface area contributed by atoms with E-state index < -0.39 is 0 Å². The molecule has 2 aromatic rings. The van der Waals surface area contributed by atoms with Gasteiger partial charge in [0.2, 0.25) is 5.95 Å². The summed E-state index contributed by atoms with van der Waals surface area (Å²) in [4.78, 5) is 21.0. The molecule has 0 amide bonds. The second-order valence-corrected chi connectivity index (χ2v) is 4.68. The number of halogens is 1. The summed E-state index contributed by atoms with van der Waals surface area (Å²) in [6.45, 7) is 3.52. The van der Waals surface area contributed by atoms with Gasteiger partial charge < -0.3 is 9.80 Å². The topological polar surface area (TPSA) is 58.0 Å². The van der Waals surface area contributed by atoms with Crippen LogP contribution in [0.15, 0.2) is 31.0 Å². The minimum Gasteiger partial charge on any atom is -0.353 e. The third-order valence-corrected chi connectivity index (χ3v) is 3.25. The summed E-state index contributed by atoms with van der Waals surface area (Å²) in [6, 6.07) is 1.93. The van der Waals surface area contributed by atoms with Crippen LogP contribution in [0, 0.1) is 0 Å². The Kier molecular flexibility index (Phi) is 3.41. The summed E-state index contributed by atoms with van der Waals surface area (Å²) < 4.78 is 0. The maximum absolute atomic E-state index is 5.79. The van der Waals surface area contributed by atoms with E-state index in [1.165, 1.54) is 0 Å². The molecule has 0 bridgehead atoms. The molecule has 3 rings (SSSR count). The summed E-state index contributed by atoms with van der Waals surface area (Å²) >= 11 is 5.79. The molecule has 0 spiro atoms. The zero-order valence-corrected chi connectivity index (χ0v) is 11.0. The fourth-order valence-electron chi connectivity index (χ4n) is 2.08. The molecule has 0 atom stereocenters. The molecule has 1 saturated heterocycles. The van der Waals surface area contributed by atoms with Crippen LogP contribution in [-0.4, -0.2) is 46.1 Å². The van der Waals surface area contributed by atoms with Crippen molar-refractivity contribution >= 4 is 23.4 Å². The molecule has 19 heavy (non-hydrogen) atoms. The minimum atomic E-state index is 0.559. The Morgan fingerprint density at radius 2 is 1.63 bits per heavy atom. The van der Waals surface area contributed by atoms with Gasteiger partial charge in [-0.1, -0.05) is 11.6 Å². The van der Waals surface area contributed by atoms with Crippen molar-refractivity contribution in [3.63, 3.8) is 0 Å². The molecular weight excluding hydrogens is 264 g/mol. The van der Waals surface area contributed by atoms with Crippen LogP contribution in [0.2, 0.25) is 5.02 Å². The van der Waals surface area contributed by atoms with Gasteiger partial charge in [0.15, 0.2) is 0 Å². The first kappa shape index (κ1) is 12.1. The Balaban J connectivity index is 1.65. The molecule has 0 radical (unpaired) electrons. The highest BCUT2D eigenvalue weighted by molar-refractivity contribution is 6.30. The third kappa shape index (κ3) is 2.73. The van der Waals surface area contributed by atoms with Gasteiger partial charge in [-0.3, -0.25) is 0 Å². The van der Waals surface area contributed by atoms with Crippen LogP contribution in [0.3, 0.4) is 0 Å². The van der Waals surface area contributed by atoms with Crippen LogP contribution < -0.4 is 9.80 Å². The SMILES string of the molecule is Clc1cnc(N2CCN(c3ccncn3)CC2)nc1. The average Bonchev–Trinajstić information content (AvgIpc) is 2.49. The van der Waals surface area contributed by atoms with Crippen molar-refractivity contribution in [3.8, 4) is 0 Å². The quantitative estimate of drug-likeness (QED) is 0.823. The Bertz CT molecular complexity index is 524. The van der Waals surface area contributed by atoms with Crippen LogP contribution in [-0.2, 0) is 0 Å². The molecule has 0 N–H and O–H groups in total. The van der Waals surface area contributed by atoms with E-state index in [-0.39, 0.29) is 0 Å². The van der Waals surface area contributed by atoms with E-state index in [4.69, 9.17) is 11.6 Å². The fraction of sp³-hybridized carbons (Fsp3) is 0.333. The lowest BCUT2D eigenvalue weighted by atomic mass is 10.3. The average molecular weight is 277 g/mol. The van der Waals surface area contributed by atoms with Crippen molar-refractivity contribution in [2.24, 2.45) is 0 Å². The molecule has 7 heteroatoms. The van der Waals surface area contributed by atoms with Gasteiger partial charge in [0.05, 0.1) is 17.4 Å². The predicted octanol–water partition coefficient (Wildman–Crippen LogP) is 1.25. The normalized spacial score (nSPS) is 15.6. The van der Waals surface area contributed by atoms with E-state index in [9.17, 15) is 0 Å². The highest BCUT2D eigenvalue weighted by atomic mass is 35.5. The predicted molar refractivity (Wildman–Crippen MR) is 73.5 cm³/mol. The first-order valence-corrected chi connectivity index (χ1v) is 6.44. The standard InChI is InChI=1S/C12H13ClN6/c13-10-7-15-12(16-8-10)19-5-3-18(4-6-19)11-1-2-14-9-17-11/h1-2,7-9H,3-6H2. The van der Waals surface area contributed by atoms with E-state index in [2.05, 4.69) is 29.7 Å². The van der Waals surface area contributed by atoms with E-state index in [0.29, 0.717) is 5.02 Å². The van der Waals surface area contributed by atoms with Gasteiger partial charge in [0.25, 0.3) is 0 Å². The van der Waals surface area contributed by atoms with E-state index in [0.717, 1.165) is 37.9 Å². The number of nitrogens with zero attached hydrogens (tertiary/aromatic N) is 6. The van der Waals surface area contributed by atoms with Crippen LogP contribution in [0.1, 0.15) is 0 Å². The number of rotatable bonds is 2. The van der Waals surface area contributed by atoms with Crippen molar-refractivity contribution in [3.05, 3.63) is 36.0 Å². The molecule has 3 heterocycles. The molecule has 0 saturated carbocycles. The van der Waals surface area contributed by atoms with Crippen molar-refractivity contribution in [1.82, 2.24) is 19.9 Å². The van der Waals surface area contributed by atoms with E-state index in [1.54, 1.807) is 24.9 Å². The van der Waals surface area contributed by atoms with Crippen LogP contribution in [0.5, 0.6) is 0 Å². The highest BCUT2D eigenvalue weighted by Gasteiger charge is 2.19. The van der Waals surface area contributed by atoms with Gasteiger partial charge in [-0.25, -0.2) is 19.9 Å². The smallest absolute Gasteiger partial charge is 0.225 e. The zero-order chi connectivity index (χ0) is 13.1. The van der Waals surface area contributed by atoms with Gasteiger partial charge in [-0.05, 0) is 6.07 Å². The Morgan fingerprint density at radius 1 is 0.947 bits per heavy atom. The summed E-state index contributed by atoms with van der Waals surface area (Å²) in [6.07, 6.45) is 6.59. The minimum absolute atomic E-state index is 0.559. The lowest BCUT2D eigenvalue weighted by molar-refractivity contribution is 0.634. The number of aromatic nitrogens is 4. The van der Waals surface area contributed by atoms with Gasteiger partial charge in [-0.15, -0.1) is 0 Å². The maximum Gasteiger partial charge on any atom is 0.225 e. The monoisotopic (exact) mass is 276 g/mol. The van der Waals surface area contributed by atoms with Gasteiger partial charge in [-0.2, -0.15) is 0 Å². The molecule has 1 aliphatic rings. The molecule has 6 nitrogen and oxygen atoms in total. The molecule has 2 aromatic heterocycles. The van der Waals surface area contributed by atoms with Crippen molar-refractivity contribution < 1.29 is 0 Å². The first-order valence-electron chi connectivity index (χ1n) is 6.06. The number of hydrogen-bond donors (Lipinski definition) is 0. The van der Waals surface area contributed by atoms with Gasteiger partial charge in [0, 0.05) is 32.4 Å². The van der Waals surface area contributed by atoms with Crippen LogP contribution >= 0.6 is 11.6 Å². The lowest BCUT2D eigenvalue weighted by Gasteiger charge is -2.35. The first-order chi connectivity index (χ1) is 9.33. The maximum atomic E-state index is 5.79. The Hall–Kier alpha value is -1.95. The second kappa shape index (κ2) is 5.36. The molecule has 1 aliphatic heterocycles. The third-order valence-electron chi connectivity index (χ3n) is 3.06. The van der Waals surface area contributed by atoms with Crippen molar-refractivity contribution in [2.45, 2.75) is 0 Å². The largest absolute Gasteiger partial charge is 0.353 e. The zero-order valence-electron chi connectivity index (χ0n) is 10.3. The van der Waals surface area contributed by atoms with Crippen LogP contribution in [0.4, 0.5) is 11.8 Å². The summed E-state index contributed by atoms with van der Waals surface area (Å²) in [5, 5.41) is 0.559. The van der Waals surface area contributed by atoms with Crippen molar-refractivity contribution in [2.75, 3.05) is 36.0 Å². The summed E-state index contributed by atoms with van der Waals surface area (Å²) in [5.74, 6) is 1.69. The number of piperazine rings is 1. The molecule has 98 valence electrons. The summed E-state index contributed by atoms with van der Waals surface area (Å²) in [7, 11) is 0. The highest BCUT2D eigenvalue weighted by Crippen LogP contribution is 2.16. The Labute approximate surface area is 116 Å². The van der Waals surface area contributed by atoms with E-state index in [1.807, 2.05) is 6.07 Å². The van der Waals surface area contributed by atoms with Gasteiger partial charge in [0.1, 0.15) is 12.1 Å². The Morgan fingerprint density at radius 3 is 2.26 bits per heavy atom. The fourth-order valence-corrected chi connectivity index (χ4v) is 2.17.